The van der Waals surface area contributed by atoms with Crippen molar-refractivity contribution in [3.05, 3.63) is 0 Å². The second-order valence-electron chi connectivity index (χ2n) is 7.91. The maximum Gasteiger partial charge on any atom is 0.224 e. The lowest BCUT2D eigenvalue weighted by Crippen LogP contribution is -2.14. The second kappa shape index (κ2) is 18.3. The summed E-state index contributed by atoms with van der Waals surface area (Å²) in [5.41, 5.74) is 0. The zero-order chi connectivity index (χ0) is 19.6. The average molecular weight is 407 g/mol. The van der Waals surface area contributed by atoms with E-state index in [-0.39, 0.29) is 16.4 Å². The molecule has 0 aromatic heterocycles. The highest BCUT2D eigenvalue weighted by molar-refractivity contribution is 6.64. The van der Waals surface area contributed by atoms with Crippen molar-refractivity contribution in [2.24, 2.45) is 11.8 Å². The maximum atomic E-state index is 11.1. The monoisotopic (exact) mass is 406 g/mol. The third-order valence-electron chi connectivity index (χ3n) is 5.49. The summed E-state index contributed by atoms with van der Waals surface area (Å²) >= 11 is 10.9. The van der Waals surface area contributed by atoms with Crippen LogP contribution >= 0.6 is 23.2 Å². The molecule has 0 saturated heterocycles. The van der Waals surface area contributed by atoms with E-state index in [1.54, 1.807) is 0 Å². The summed E-state index contributed by atoms with van der Waals surface area (Å²) in [5, 5.41) is -0.391. The molecule has 2 nitrogen and oxygen atoms in total. The van der Waals surface area contributed by atoms with Crippen molar-refractivity contribution in [2.45, 2.75) is 117 Å². The van der Waals surface area contributed by atoms with E-state index in [4.69, 9.17) is 23.2 Å². The molecule has 4 heteroatoms. The highest BCUT2D eigenvalue weighted by Crippen LogP contribution is 2.21. The number of unbranched alkanes of at least 4 members (excludes halogenated alkanes) is 13. The third kappa shape index (κ3) is 17.3. The van der Waals surface area contributed by atoms with Gasteiger partial charge >= 0.3 is 0 Å². The lowest BCUT2D eigenvalue weighted by atomic mass is 9.91. The van der Waals surface area contributed by atoms with Crippen molar-refractivity contribution in [2.75, 3.05) is 0 Å². The van der Waals surface area contributed by atoms with E-state index < -0.39 is 0 Å². The zero-order valence-corrected chi connectivity index (χ0v) is 18.6. The normalized spacial score (nSPS) is 13.5. The van der Waals surface area contributed by atoms with Gasteiger partial charge in [-0.05, 0) is 42.0 Å². The molecule has 0 aromatic carbocycles. The van der Waals surface area contributed by atoms with E-state index >= 15 is 0 Å². The van der Waals surface area contributed by atoms with Crippen LogP contribution < -0.4 is 0 Å². The predicted molar refractivity (Wildman–Crippen MR) is 114 cm³/mol. The van der Waals surface area contributed by atoms with Gasteiger partial charge in [0.1, 0.15) is 0 Å². The maximum absolute atomic E-state index is 11.1. The number of hydrogen-bond acceptors (Lipinski definition) is 2. The summed E-state index contributed by atoms with van der Waals surface area (Å²) < 4.78 is 0. The van der Waals surface area contributed by atoms with Gasteiger partial charge in [0.25, 0.3) is 0 Å². The SMILES string of the molecule is CC(CCCCCCCCCCCCCCCCC(=O)Cl)C(C)C(=O)Cl. The first-order valence-corrected chi connectivity index (χ1v) is 11.6. The largest absolute Gasteiger partial charge is 0.281 e. The number of rotatable bonds is 19. The molecule has 0 fully saturated rings. The van der Waals surface area contributed by atoms with Crippen LogP contribution in [0, 0.1) is 11.8 Å². The molecule has 0 aliphatic carbocycles. The van der Waals surface area contributed by atoms with E-state index in [0.717, 1.165) is 19.3 Å². The van der Waals surface area contributed by atoms with Crippen LogP contribution in [-0.4, -0.2) is 10.5 Å². The molecule has 0 aromatic rings. The fourth-order valence-electron chi connectivity index (χ4n) is 3.33. The number of halogens is 2. The topological polar surface area (TPSA) is 34.1 Å². The lowest BCUT2D eigenvalue weighted by molar-refractivity contribution is -0.116. The van der Waals surface area contributed by atoms with Crippen LogP contribution in [0.3, 0.4) is 0 Å². The molecular formula is C22H40Cl2O2. The Morgan fingerprint density at radius 2 is 0.962 bits per heavy atom. The summed E-state index contributed by atoms with van der Waals surface area (Å²) in [6.07, 6.45) is 19.6. The Morgan fingerprint density at radius 1 is 0.615 bits per heavy atom. The smallest absolute Gasteiger partial charge is 0.224 e. The Balaban J connectivity index is 3.18. The van der Waals surface area contributed by atoms with Gasteiger partial charge in [-0.15, -0.1) is 0 Å². The minimum Gasteiger partial charge on any atom is -0.281 e. The van der Waals surface area contributed by atoms with Crippen LogP contribution in [0.1, 0.15) is 117 Å². The van der Waals surface area contributed by atoms with Gasteiger partial charge in [-0.1, -0.05) is 97.3 Å². The fraction of sp³-hybridized carbons (Fsp3) is 0.909. The molecule has 0 bridgehead atoms. The van der Waals surface area contributed by atoms with Gasteiger partial charge < -0.3 is 0 Å². The molecule has 0 N–H and O–H groups in total. The quantitative estimate of drug-likeness (QED) is 0.160. The van der Waals surface area contributed by atoms with Crippen LogP contribution in [0.15, 0.2) is 0 Å². The number of carbonyl (C=O) groups is 2. The first-order valence-electron chi connectivity index (χ1n) is 10.8. The van der Waals surface area contributed by atoms with Crippen LogP contribution in [0.25, 0.3) is 0 Å². The van der Waals surface area contributed by atoms with Gasteiger partial charge in [-0.25, -0.2) is 0 Å². The first-order chi connectivity index (χ1) is 12.4. The first kappa shape index (κ1) is 25.9. The Bertz CT molecular complexity index is 358. The van der Waals surface area contributed by atoms with Crippen molar-refractivity contribution in [3.63, 3.8) is 0 Å². The molecule has 26 heavy (non-hydrogen) atoms. The van der Waals surface area contributed by atoms with Gasteiger partial charge in [0.2, 0.25) is 10.5 Å². The van der Waals surface area contributed by atoms with Gasteiger partial charge in [0.15, 0.2) is 0 Å². The molecule has 2 atom stereocenters. The van der Waals surface area contributed by atoms with Crippen molar-refractivity contribution in [3.8, 4) is 0 Å². The highest BCUT2D eigenvalue weighted by Gasteiger charge is 2.17. The summed E-state index contributed by atoms with van der Waals surface area (Å²) in [5.74, 6) is 0.398. The van der Waals surface area contributed by atoms with Crippen LogP contribution in [0.4, 0.5) is 0 Å². The Morgan fingerprint density at radius 3 is 1.31 bits per heavy atom. The molecule has 0 aliphatic rings. The molecular weight excluding hydrogens is 367 g/mol. The van der Waals surface area contributed by atoms with Gasteiger partial charge in [0, 0.05) is 12.3 Å². The molecule has 0 saturated carbocycles. The van der Waals surface area contributed by atoms with Crippen molar-refractivity contribution in [1.82, 2.24) is 0 Å². The van der Waals surface area contributed by atoms with Crippen LogP contribution in [-0.2, 0) is 9.59 Å². The Kier molecular flexibility index (Phi) is 18.2. The molecule has 0 aliphatic heterocycles. The van der Waals surface area contributed by atoms with Gasteiger partial charge in [-0.3, -0.25) is 9.59 Å². The number of hydrogen-bond donors (Lipinski definition) is 0. The molecule has 0 heterocycles. The number of carbonyl (C=O) groups excluding carboxylic acids is 2. The molecule has 154 valence electrons. The van der Waals surface area contributed by atoms with E-state index in [0.29, 0.717) is 12.3 Å². The second-order valence-corrected chi connectivity index (χ2v) is 8.71. The van der Waals surface area contributed by atoms with Gasteiger partial charge in [0.05, 0.1) is 0 Å². The summed E-state index contributed by atoms with van der Waals surface area (Å²) in [4.78, 5) is 21.7. The summed E-state index contributed by atoms with van der Waals surface area (Å²) in [6.45, 7) is 4.07. The molecule has 0 amide bonds. The fourth-order valence-corrected chi connectivity index (χ4v) is 3.67. The Hall–Kier alpha value is -0.0800. The standard InChI is InChI=1S/C22H40Cl2O2/c1-19(20(2)22(24)26)17-15-13-11-9-7-5-3-4-6-8-10-12-14-16-18-21(23)25/h19-20H,3-18H2,1-2H3. The summed E-state index contributed by atoms with van der Waals surface area (Å²) in [6, 6.07) is 0. The van der Waals surface area contributed by atoms with Gasteiger partial charge in [-0.2, -0.15) is 0 Å². The van der Waals surface area contributed by atoms with Crippen molar-refractivity contribution < 1.29 is 9.59 Å². The van der Waals surface area contributed by atoms with E-state index in [2.05, 4.69) is 6.92 Å². The lowest BCUT2D eigenvalue weighted by Gasteiger charge is -2.15. The molecule has 2 unspecified atom stereocenters. The third-order valence-corrected chi connectivity index (χ3v) is 6.03. The zero-order valence-electron chi connectivity index (χ0n) is 17.0. The minimum atomic E-state index is -0.197. The molecule has 0 rings (SSSR count). The van der Waals surface area contributed by atoms with E-state index in [1.807, 2.05) is 6.92 Å². The Labute approximate surface area is 171 Å². The highest BCUT2D eigenvalue weighted by atomic mass is 35.5. The van der Waals surface area contributed by atoms with Crippen molar-refractivity contribution in [1.29, 1.82) is 0 Å². The van der Waals surface area contributed by atoms with Crippen molar-refractivity contribution >= 4 is 33.7 Å². The van der Waals surface area contributed by atoms with Crippen LogP contribution in [0.2, 0.25) is 0 Å². The van der Waals surface area contributed by atoms with E-state index in [9.17, 15) is 9.59 Å². The van der Waals surface area contributed by atoms with Crippen LogP contribution in [0.5, 0.6) is 0 Å². The molecule has 0 spiro atoms. The van der Waals surface area contributed by atoms with E-state index in [1.165, 1.54) is 77.0 Å². The minimum absolute atomic E-state index is 0.00786. The summed E-state index contributed by atoms with van der Waals surface area (Å²) in [7, 11) is 0. The molecule has 0 radical (unpaired) electrons. The average Bonchev–Trinajstić information content (AvgIpc) is 2.60. The predicted octanol–water partition coefficient (Wildman–Crippen LogP) is 8.03.